The molecule has 1 rings (SSSR count). The summed E-state index contributed by atoms with van der Waals surface area (Å²) in [6, 6.07) is 0. The first-order valence-electron chi connectivity index (χ1n) is 4.49. The van der Waals surface area contributed by atoms with E-state index in [0.29, 0.717) is 0 Å². The van der Waals surface area contributed by atoms with Crippen molar-refractivity contribution in [3.63, 3.8) is 0 Å². The molecule has 1 nitrogen and oxygen atoms in total. The van der Waals surface area contributed by atoms with E-state index >= 15 is 0 Å². The summed E-state index contributed by atoms with van der Waals surface area (Å²) in [4.78, 5) is 0. The SMILES string of the molecule is CNCC1CCCC[C@H]1C. The molecule has 1 aliphatic carbocycles. The fourth-order valence-electron chi connectivity index (χ4n) is 1.96. The van der Waals surface area contributed by atoms with Crippen molar-refractivity contribution in [3.8, 4) is 0 Å². The quantitative estimate of drug-likeness (QED) is 0.620. The maximum Gasteiger partial charge on any atom is -0.00210 e. The number of hydrogen-bond donors (Lipinski definition) is 1. The van der Waals surface area contributed by atoms with Gasteiger partial charge in [0, 0.05) is 0 Å². The lowest BCUT2D eigenvalue weighted by Crippen LogP contribution is -2.26. The lowest BCUT2D eigenvalue weighted by Gasteiger charge is -2.28. The molecule has 0 spiro atoms. The molecule has 10 heavy (non-hydrogen) atoms. The van der Waals surface area contributed by atoms with Gasteiger partial charge < -0.3 is 5.32 Å². The summed E-state index contributed by atoms with van der Waals surface area (Å²) in [7, 11) is 2.06. The van der Waals surface area contributed by atoms with Gasteiger partial charge in [-0.05, 0) is 31.8 Å². The largest absolute Gasteiger partial charge is 0.319 e. The van der Waals surface area contributed by atoms with E-state index in [9.17, 15) is 0 Å². The average molecular weight is 141 g/mol. The van der Waals surface area contributed by atoms with Crippen molar-refractivity contribution < 1.29 is 0 Å². The highest BCUT2D eigenvalue weighted by molar-refractivity contribution is 4.73. The van der Waals surface area contributed by atoms with Crippen LogP contribution in [-0.2, 0) is 0 Å². The van der Waals surface area contributed by atoms with Gasteiger partial charge in [-0.3, -0.25) is 0 Å². The Morgan fingerprint density at radius 2 is 2.00 bits per heavy atom. The topological polar surface area (TPSA) is 12.0 Å². The van der Waals surface area contributed by atoms with Crippen LogP contribution >= 0.6 is 0 Å². The minimum absolute atomic E-state index is 0.957. The van der Waals surface area contributed by atoms with E-state index in [1.165, 1.54) is 32.2 Å². The Hall–Kier alpha value is -0.0400. The molecule has 1 aliphatic rings. The smallest absolute Gasteiger partial charge is 0.00210 e. The predicted octanol–water partition coefficient (Wildman–Crippen LogP) is 2.03. The molecule has 1 heteroatoms. The second-order valence-electron chi connectivity index (χ2n) is 3.58. The van der Waals surface area contributed by atoms with E-state index < -0.39 is 0 Å². The molecule has 0 bridgehead atoms. The summed E-state index contributed by atoms with van der Waals surface area (Å²) in [6.45, 7) is 3.61. The van der Waals surface area contributed by atoms with Gasteiger partial charge in [0.25, 0.3) is 0 Å². The maximum atomic E-state index is 3.27. The zero-order valence-corrected chi connectivity index (χ0v) is 7.19. The number of hydrogen-bond acceptors (Lipinski definition) is 1. The van der Waals surface area contributed by atoms with E-state index in [4.69, 9.17) is 0 Å². The molecule has 0 aliphatic heterocycles. The summed E-state index contributed by atoms with van der Waals surface area (Å²) in [5, 5.41) is 3.27. The van der Waals surface area contributed by atoms with Crippen LogP contribution < -0.4 is 5.32 Å². The Bertz CT molecular complexity index is 88.7. The Labute approximate surface area is 64.2 Å². The van der Waals surface area contributed by atoms with Crippen LogP contribution in [0.1, 0.15) is 32.6 Å². The highest BCUT2D eigenvalue weighted by Crippen LogP contribution is 2.28. The molecule has 1 saturated carbocycles. The van der Waals surface area contributed by atoms with Gasteiger partial charge in [0.15, 0.2) is 0 Å². The Kier molecular flexibility index (Phi) is 3.20. The lowest BCUT2D eigenvalue weighted by atomic mass is 9.80. The van der Waals surface area contributed by atoms with E-state index in [2.05, 4.69) is 19.3 Å². The molecule has 0 aromatic rings. The zero-order chi connectivity index (χ0) is 7.40. The van der Waals surface area contributed by atoms with Gasteiger partial charge in [-0.15, -0.1) is 0 Å². The minimum Gasteiger partial charge on any atom is -0.319 e. The van der Waals surface area contributed by atoms with E-state index in [1.807, 2.05) is 0 Å². The van der Waals surface area contributed by atoms with Gasteiger partial charge in [0.05, 0.1) is 0 Å². The van der Waals surface area contributed by atoms with Gasteiger partial charge in [-0.25, -0.2) is 0 Å². The summed E-state index contributed by atoms with van der Waals surface area (Å²) in [5.74, 6) is 1.92. The van der Waals surface area contributed by atoms with Crippen molar-refractivity contribution in [3.05, 3.63) is 0 Å². The van der Waals surface area contributed by atoms with Crippen molar-refractivity contribution in [1.29, 1.82) is 0 Å². The monoisotopic (exact) mass is 141 g/mol. The second kappa shape index (κ2) is 3.97. The predicted molar refractivity (Wildman–Crippen MR) is 45.0 cm³/mol. The molecule has 0 radical (unpaired) electrons. The molecule has 0 amide bonds. The molecular weight excluding hydrogens is 122 g/mol. The van der Waals surface area contributed by atoms with Crippen LogP contribution in [0, 0.1) is 11.8 Å². The first-order valence-corrected chi connectivity index (χ1v) is 4.49. The summed E-state index contributed by atoms with van der Waals surface area (Å²) in [6.07, 6.45) is 5.81. The second-order valence-corrected chi connectivity index (χ2v) is 3.58. The Balaban J connectivity index is 2.25. The first-order chi connectivity index (χ1) is 4.84. The van der Waals surface area contributed by atoms with Crippen molar-refractivity contribution in [2.75, 3.05) is 13.6 Å². The molecule has 0 saturated heterocycles. The van der Waals surface area contributed by atoms with Crippen molar-refractivity contribution >= 4 is 0 Å². The van der Waals surface area contributed by atoms with Crippen LogP contribution in [0.15, 0.2) is 0 Å². The fourth-order valence-corrected chi connectivity index (χ4v) is 1.96. The molecule has 0 aromatic carbocycles. The van der Waals surface area contributed by atoms with Crippen molar-refractivity contribution in [2.24, 2.45) is 11.8 Å². The zero-order valence-electron chi connectivity index (χ0n) is 7.19. The molecule has 1 fully saturated rings. The Morgan fingerprint density at radius 1 is 1.30 bits per heavy atom. The molecule has 1 N–H and O–H groups in total. The van der Waals surface area contributed by atoms with E-state index in [0.717, 1.165) is 11.8 Å². The molecule has 0 aromatic heterocycles. The number of nitrogens with one attached hydrogen (secondary N) is 1. The molecular formula is C9H19N. The molecule has 2 atom stereocenters. The van der Waals surface area contributed by atoms with E-state index in [-0.39, 0.29) is 0 Å². The third-order valence-electron chi connectivity index (χ3n) is 2.76. The van der Waals surface area contributed by atoms with Gasteiger partial charge in [0.1, 0.15) is 0 Å². The minimum atomic E-state index is 0.957. The third kappa shape index (κ3) is 1.98. The molecule has 0 heterocycles. The van der Waals surface area contributed by atoms with Gasteiger partial charge in [0.2, 0.25) is 0 Å². The van der Waals surface area contributed by atoms with Crippen LogP contribution in [-0.4, -0.2) is 13.6 Å². The van der Waals surface area contributed by atoms with Gasteiger partial charge >= 0.3 is 0 Å². The fraction of sp³-hybridized carbons (Fsp3) is 1.00. The van der Waals surface area contributed by atoms with Crippen molar-refractivity contribution in [1.82, 2.24) is 5.32 Å². The highest BCUT2D eigenvalue weighted by Gasteiger charge is 2.19. The van der Waals surface area contributed by atoms with Gasteiger partial charge in [-0.1, -0.05) is 26.2 Å². The summed E-state index contributed by atoms with van der Waals surface area (Å²) < 4.78 is 0. The van der Waals surface area contributed by atoms with Crippen LogP contribution in [0.25, 0.3) is 0 Å². The normalized spacial score (nSPS) is 34.2. The van der Waals surface area contributed by atoms with Crippen LogP contribution in [0.2, 0.25) is 0 Å². The third-order valence-corrected chi connectivity index (χ3v) is 2.76. The maximum absolute atomic E-state index is 3.27. The van der Waals surface area contributed by atoms with E-state index in [1.54, 1.807) is 0 Å². The van der Waals surface area contributed by atoms with Crippen molar-refractivity contribution in [2.45, 2.75) is 32.6 Å². The first kappa shape index (κ1) is 8.06. The Morgan fingerprint density at radius 3 is 2.60 bits per heavy atom. The van der Waals surface area contributed by atoms with Crippen LogP contribution in [0.3, 0.4) is 0 Å². The number of rotatable bonds is 2. The average Bonchev–Trinajstić information content (AvgIpc) is 1.94. The molecule has 1 unspecified atom stereocenters. The highest BCUT2D eigenvalue weighted by atomic mass is 14.8. The molecule has 60 valence electrons. The summed E-state index contributed by atoms with van der Waals surface area (Å²) >= 11 is 0. The van der Waals surface area contributed by atoms with Crippen LogP contribution in [0.4, 0.5) is 0 Å². The van der Waals surface area contributed by atoms with Gasteiger partial charge in [-0.2, -0.15) is 0 Å². The van der Waals surface area contributed by atoms with Crippen LogP contribution in [0.5, 0.6) is 0 Å². The summed E-state index contributed by atoms with van der Waals surface area (Å²) in [5.41, 5.74) is 0. The lowest BCUT2D eigenvalue weighted by molar-refractivity contribution is 0.252. The standard InChI is InChI=1S/C9H19N/c1-8-5-3-4-6-9(8)7-10-2/h8-10H,3-7H2,1-2H3/t8-,9?/m1/s1.